The van der Waals surface area contributed by atoms with Crippen LogP contribution in [0.25, 0.3) is 10.9 Å². The number of hydrogen-bond donors (Lipinski definition) is 5. The fraction of sp³-hybridized carbons (Fsp3) is 0.278. The smallest absolute Gasteiger partial charge is 0.141 e. The SMILES string of the molecule is N=C(c1cc2ccc(O)cc2[nH]1)c1c(N)ncnc1NC1CCOCC1. The quantitative estimate of drug-likeness (QED) is 0.457. The summed E-state index contributed by atoms with van der Waals surface area (Å²) in [5.74, 6) is 0.971. The summed E-state index contributed by atoms with van der Waals surface area (Å²) < 4.78 is 5.39. The third kappa shape index (κ3) is 3.06. The molecule has 6 N–H and O–H groups in total. The average molecular weight is 352 g/mol. The molecule has 2 aromatic heterocycles. The summed E-state index contributed by atoms with van der Waals surface area (Å²) in [7, 11) is 0. The molecule has 1 aromatic carbocycles. The van der Waals surface area contributed by atoms with E-state index in [0.717, 1.165) is 23.7 Å². The molecule has 8 nitrogen and oxygen atoms in total. The minimum atomic E-state index is 0.168. The zero-order valence-corrected chi connectivity index (χ0v) is 14.1. The van der Waals surface area contributed by atoms with Crippen LogP contribution in [0.5, 0.6) is 5.75 Å². The lowest BCUT2D eigenvalue weighted by Crippen LogP contribution is -2.29. The number of nitrogens with two attached hydrogens (primary N) is 1. The Bertz CT molecular complexity index is 961. The molecule has 4 rings (SSSR count). The topological polar surface area (TPSA) is 133 Å². The number of rotatable bonds is 4. The third-order valence-electron chi connectivity index (χ3n) is 4.56. The molecule has 3 heterocycles. The molecule has 0 bridgehead atoms. The Morgan fingerprint density at radius 3 is 2.88 bits per heavy atom. The summed E-state index contributed by atoms with van der Waals surface area (Å²) in [4.78, 5) is 11.5. The van der Waals surface area contributed by atoms with E-state index in [2.05, 4.69) is 20.3 Å². The number of hydrogen-bond acceptors (Lipinski definition) is 7. The highest BCUT2D eigenvalue weighted by Crippen LogP contribution is 2.26. The van der Waals surface area contributed by atoms with Crippen LogP contribution in [0.4, 0.5) is 11.6 Å². The Hall–Kier alpha value is -3.13. The fourth-order valence-corrected chi connectivity index (χ4v) is 3.17. The second kappa shape index (κ2) is 6.64. The summed E-state index contributed by atoms with van der Waals surface area (Å²) in [6, 6.07) is 7.11. The molecule has 0 radical (unpaired) electrons. The number of nitrogens with zero attached hydrogens (tertiary/aromatic N) is 2. The Morgan fingerprint density at radius 2 is 2.08 bits per heavy atom. The Morgan fingerprint density at radius 1 is 1.27 bits per heavy atom. The van der Waals surface area contributed by atoms with Gasteiger partial charge >= 0.3 is 0 Å². The minimum absolute atomic E-state index is 0.168. The highest BCUT2D eigenvalue weighted by Gasteiger charge is 2.21. The summed E-state index contributed by atoms with van der Waals surface area (Å²) in [6.07, 6.45) is 3.15. The van der Waals surface area contributed by atoms with Crippen LogP contribution in [0.15, 0.2) is 30.6 Å². The van der Waals surface area contributed by atoms with Crippen LogP contribution in [0.1, 0.15) is 24.1 Å². The number of aromatic amines is 1. The summed E-state index contributed by atoms with van der Waals surface area (Å²) in [5.41, 5.74) is 8.08. The number of phenolic OH excluding ortho intramolecular Hbond substituents is 1. The molecule has 3 aromatic rings. The molecule has 0 amide bonds. The first kappa shape index (κ1) is 16.3. The number of nitrogens with one attached hydrogen (secondary N) is 3. The highest BCUT2D eigenvalue weighted by atomic mass is 16.5. The lowest BCUT2D eigenvalue weighted by atomic mass is 10.1. The normalized spacial score (nSPS) is 15.2. The Labute approximate surface area is 149 Å². The van der Waals surface area contributed by atoms with Crippen molar-refractivity contribution in [3.8, 4) is 5.75 Å². The number of phenols is 1. The van der Waals surface area contributed by atoms with Crippen LogP contribution in [0.3, 0.4) is 0 Å². The lowest BCUT2D eigenvalue weighted by molar-refractivity contribution is 0.0904. The molecule has 1 aliphatic heterocycles. The zero-order valence-electron chi connectivity index (χ0n) is 14.1. The second-order valence-corrected chi connectivity index (χ2v) is 6.34. The number of benzene rings is 1. The van der Waals surface area contributed by atoms with Crippen molar-refractivity contribution in [2.75, 3.05) is 24.3 Å². The van der Waals surface area contributed by atoms with Crippen molar-refractivity contribution in [1.82, 2.24) is 15.0 Å². The van der Waals surface area contributed by atoms with E-state index in [9.17, 15) is 5.11 Å². The van der Waals surface area contributed by atoms with Crippen molar-refractivity contribution in [3.05, 3.63) is 41.9 Å². The third-order valence-corrected chi connectivity index (χ3v) is 4.56. The fourth-order valence-electron chi connectivity index (χ4n) is 3.17. The maximum atomic E-state index is 9.63. The predicted octanol–water partition coefficient (Wildman–Crippen LogP) is 2.25. The van der Waals surface area contributed by atoms with Crippen molar-refractivity contribution in [2.45, 2.75) is 18.9 Å². The van der Waals surface area contributed by atoms with Gasteiger partial charge in [0.25, 0.3) is 0 Å². The lowest BCUT2D eigenvalue weighted by Gasteiger charge is -2.24. The molecule has 8 heteroatoms. The van der Waals surface area contributed by atoms with Crippen LogP contribution in [-0.2, 0) is 4.74 Å². The van der Waals surface area contributed by atoms with Crippen molar-refractivity contribution >= 4 is 28.3 Å². The van der Waals surface area contributed by atoms with Gasteiger partial charge in [0.1, 0.15) is 23.7 Å². The summed E-state index contributed by atoms with van der Waals surface area (Å²) >= 11 is 0. The van der Waals surface area contributed by atoms with E-state index in [1.807, 2.05) is 6.07 Å². The van der Waals surface area contributed by atoms with Crippen molar-refractivity contribution in [3.63, 3.8) is 0 Å². The van der Waals surface area contributed by atoms with E-state index in [0.29, 0.717) is 30.3 Å². The standard InChI is InChI=1S/C18H20N6O2/c19-16(14-7-10-1-2-12(25)8-13(10)24-14)15-17(20)21-9-22-18(15)23-11-3-5-26-6-4-11/h1-2,7-9,11,19,24-25H,3-6H2,(H3,20,21,22,23). The minimum Gasteiger partial charge on any atom is -0.508 e. The van der Waals surface area contributed by atoms with Gasteiger partial charge in [0.05, 0.1) is 17.0 Å². The Kier molecular flexibility index (Phi) is 4.18. The number of nitrogen functional groups attached to an aromatic ring is 1. The second-order valence-electron chi connectivity index (χ2n) is 6.34. The van der Waals surface area contributed by atoms with E-state index >= 15 is 0 Å². The molecule has 0 atom stereocenters. The number of fused-ring (bicyclic) bond motifs is 1. The highest BCUT2D eigenvalue weighted by molar-refractivity contribution is 6.16. The molecule has 26 heavy (non-hydrogen) atoms. The number of aromatic nitrogens is 3. The molecule has 1 fully saturated rings. The van der Waals surface area contributed by atoms with E-state index in [4.69, 9.17) is 15.9 Å². The average Bonchev–Trinajstić information content (AvgIpc) is 3.05. The van der Waals surface area contributed by atoms with Crippen molar-refractivity contribution in [1.29, 1.82) is 5.41 Å². The molecule has 134 valence electrons. The van der Waals surface area contributed by atoms with E-state index < -0.39 is 0 Å². The van der Waals surface area contributed by atoms with E-state index in [1.165, 1.54) is 6.33 Å². The molecule has 0 aliphatic carbocycles. The number of ether oxygens (including phenoxy) is 1. The molecular weight excluding hydrogens is 332 g/mol. The van der Waals surface area contributed by atoms with Crippen LogP contribution in [0.2, 0.25) is 0 Å². The van der Waals surface area contributed by atoms with Gasteiger partial charge in [-0.15, -0.1) is 0 Å². The van der Waals surface area contributed by atoms with Gasteiger partial charge in [0, 0.05) is 36.2 Å². The summed E-state index contributed by atoms with van der Waals surface area (Å²) in [6.45, 7) is 1.41. The predicted molar refractivity (Wildman–Crippen MR) is 99.8 cm³/mol. The zero-order chi connectivity index (χ0) is 18.1. The van der Waals surface area contributed by atoms with Crippen LogP contribution < -0.4 is 11.1 Å². The summed E-state index contributed by atoms with van der Waals surface area (Å²) in [5, 5.41) is 22.5. The monoisotopic (exact) mass is 352 g/mol. The van der Waals surface area contributed by atoms with Gasteiger partial charge < -0.3 is 25.9 Å². The van der Waals surface area contributed by atoms with Gasteiger partial charge in [-0.2, -0.15) is 0 Å². The van der Waals surface area contributed by atoms with Gasteiger partial charge in [0.15, 0.2) is 0 Å². The van der Waals surface area contributed by atoms with Crippen molar-refractivity contribution in [2.24, 2.45) is 0 Å². The molecule has 0 unspecified atom stereocenters. The number of H-pyrrole nitrogens is 1. The van der Waals surface area contributed by atoms with Gasteiger partial charge in [-0.25, -0.2) is 9.97 Å². The Balaban J connectivity index is 1.69. The van der Waals surface area contributed by atoms with E-state index in [-0.39, 0.29) is 23.3 Å². The number of aromatic hydroxyl groups is 1. The largest absolute Gasteiger partial charge is 0.508 e. The van der Waals surface area contributed by atoms with E-state index in [1.54, 1.807) is 18.2 Å². The maximum absolute atomic E-state index is 9.63. The van der Waals surface area contributed by atoms with Gasteiger partial charge in [0.2, 0.25) is 0 Å². The number of anilines is 2. The molecule has 1 aliphatic rings. The van der Waals surface area contributed by atoms with Crippen LogP contribution >= 0.6 is 0 Å². The van der Waals surface area contributed by atoms with Crippen LogP contribution in [0, 0.1) is 5.41 Å². The first-order valence-electron chi connectivity index (χ1n) is 8.47. The molecule has 0 saturated carbocycles. The van der Waals surface area contributed by atoms with Crippen LogP contribution in [-0.4, -0.2) is 45.0 Å². The first-order valence-corrected chi connectivity index (χ1v) is 8.47. The van der Waals surface area contributed by atoms with Gasteiger partial charge in [-0.05, 0) is 31.0 Å². The van der Waals surface area contributed by atoms with Gasteiger partial charge in [-0.3, -0.25) is 5.41 Å². The molecule has 1 saturated heterocycles. The molecule has 0 spiro atoms. The maximum Gasteiger partial charge on any atom is 0.141 e. The van der Waals surface area contributed by atoms with Crippen molar-refractivity contribution < 1.29 is 9.84 Å². The molecular formula is C18H20N6O2. The van der Waals surface area contributed by atoms with Gasteiger partial charge in [-0.1, -0.05) is 0 Å². The first-order chi connectivity index (χ1) is 12.6.